The second kappa shape index (κ2) is 5.69. The third-order valence-electron chi connectivity index (χ3n) is 3.19. The number of nitro benzene ring substituents is 1. The summed E-state index contributed by atoms with van der Waals surface area (Å²) in [6.45, 7) is 0.158. The first-order valence-electron chi connectivity index (χ1n) is 6.50. The average Bonchev–Trinajstić information content (AvgIpc) is 3.00. The van der Waals surface area contributed by atoms with Gasteiger partial charge in [-0.1, -0.05) is 6.08 Å². The van der Waals surface area contributed by atoms with E-state index in [1.807, 2.05) is 0 Å². The number of rotatable bonds is 4. The predicted octanol–water partition coefficient (Wildman–Crippen LogP) is 3.22. The lowest BCUT2D eigenvalue weighted by Gasteiger charge is -1.99. The molecule has 0 saturated heterocycles. The normalized spacial score (nSPS) is 12.5. The number of allylic oxidation sites excluding steroid dienone is 1. The summed E-state index contributed by atoms with van der Waals surface area (Å²) in [6, 6.07) is 10.9. The van der Waals surface area contributed by atoms with E-state index >= 15 is 0 Å². The highest BCUT2D eigenvalue weighted by Crippen LogP contribution is 2.32. The van der Waals surface area contributed by atoms with Crippen LogP contribution in [0.5, 0.6) is 11.5 Å². The minimum atomic E-state index is -0.467. The summed E-state index contributed by atoms with van der Waals surface area (Å²) in [7, 11) is 0. The molecule has 0 aromatic heterocycles. The molecule has 0 saturated carbocycles. The fourth-order valence-corrected chi connectivity index (χ4v) is 2.03. The molecule has 6 nitrogen and oxygen atoms in total. The van der Waals surface area contributed by atoms with E-state index in [1.165, 1.54) is 18.2 Å². The van der Waals surface area contributed by atoms with Gasteiger partial charge >= 0.3 is 0 Å². The lowest BCUT2D eigenvalue weighted by molar-refractivity contribution is -0.384. The molecular formula is C16H11NO5. The average molecular weight is 297 g/mol. The summed E-state index contributed by atoms with van der Waals surface area (Å²) in [6.07, 6.45) is 3.02. The monoisotopic (exact) mass is 297 g/mol. The molecule has 22 heavy (non-hydrogen) atoms. The van der Waals surface area contributed by atoms with E-state index in [2.05, 4.69) is 0 Å². The summed E-state index contributed by atoms with van der Waals surface area (Å²) >= 11 is 0. The number of fused-ring (bicyclic) bond motifs is 1. The van der Waals surface area contributed by atoms with Crippen LogP contribution in [0.15, 0.2) is 48.5 Å². The number of ether oxygens (including phenoxy) is 2. The van der Waals surface area contributed by atoms with E-state index in [-0.39, 0.29) is 18.3 Å². The van der Waals surface area contributed by atoms with E-state index in [0.29, 0.717) is 22.6 Å². The smallest absolute Gasteiger partial charge is 0.269 e. The van der Waals surface area contributed by atoms with E-state index in [9.17, 15) is 14.9 Å². The Morgan fingerprint density at radius 2 is 1.82 bits per heavy atom. The van der Waals surface area contributed by atoms with E-state index in [0.717, 1.165) is 0 Å². The van der Waals surface area contributed by atoms with Crippen molar-refractivity contribution in [1.82, 2.24) is 0 Å². The molecule has 1 heterocycles. The Labute approximate surface area is 125 Å². The van der Waals surface area contributed by atoms with Crippen molar-refractivity contribution >= 4 is 17.5 Å². The summed E-state index contributed by atoms with van der Waals surface area (Å²) < 4.78 is 10.4. The van der Waals surface area contributed by atoms with Crippen LogP contribution in [-0.2, 0) is 0 Å². The number of non-ortho nitro benzene ring substituents is 1. The first-order valence-corrected chi connectivity index (χ1v) is 6.50. The first-order chi connectivity index (χ1) is 10.6. The van der Waals surface area contributed by atoms with Crippen molar-refractivity contribution in [3.63, 3.8) is 0 Å². The van der Waals surface area contributed by atoms with Crippen LogP contribution < -0.4 is 9.47 Å². The Morgan fingerprint density at radius 1 is 1.09 bits per heavy atom. The molecule has 0 spiro atoms. The molecular weight excluding hydrogens is 286 g/mol. The Balaban J connectivity index is 1.74. The maximum absolute atomic E-state index is 12.1. The van der Waals surface area contributed by atoms with Crippen LogP contribution in [0.2, 0.25) is 0 Å². The van der Waals surface area contributed by atoms with Gasteiger partial charge < -0.3 is 9.47 Å². The zero-order valence-corrected chi connectivity index (χ0v) is 11.4. The summed E-state index contributed by atoms with van der Waals surface area (Å²) in [5.74, 6) is 0.988. The fourth-order valence-electron chi connectivity index (χ4n) is 2.03. The SMILES string of the molecule is O=C(/C=C/c1ccc([N+](=O)[O-])cc1)c1ccc2c(c1)OCO2. The Kier molecular flexibility index (Phi) is 3.57. The Bertz CT molecular complexity index is 765. The molecule has 3 rings (SSSR count). The second-order valence-corrected chi connectivity index (χ2v) is 4.61. The number of carbonyl (C=O) groups is 1. The zero-order valence-electron chi connectivity index (χ0n) is 11.4. The quantitative estimate of drug-likeness (QED) is 0.375. The largest absolute Gasteiger partial charge is 0.454 e. The van der Waals surface area contributed by atoms with Gasteiger partial charge in [-0.15, -0.1) is 0 Å². The molecule has 1 aliphatic rings. The van der Waals surface area contributed by atoms with E-state index in [4.69, 9.17) is 9.47 Å². The number of carbonyl (C=O) groups excluding carboxylic acids is 1. The molecule has 0 N–H and O–H groups in total. The molecule has 0 fully saturated rings. The van der Waals surface area contributed by atoms with Crippen molar-refractivity contribution in [2.75, 3.05) is 6.79 Å². The van der Waals surface area contributed by atoms with Gasteiger partial charge in [0.25, 0.3) is 5.69 Å². The van der Waals surface area contributed by atoms with Crippen molar-refractivity contribution in [3.8, 4) is 11.5 Å². The third-order valence-corrected chi connectivity index (χ3v) is 3.19. The molecule has 110 valence electrons. The van der Waals surface area contributed by atoms with Crippen LogP contribution in [-0.4, -0.2) is 17.5 Å². The van der Waals surface area contributed by atoms with Gasteiger partial charge in [0.15, 0.2) is 17.3 Å². The van der Waals surface area contributed by atoms with Gasteiger partial charge in [-0.2, -0.15) is 0 Å². The predicted molar refractivity (Wildman–Crippen MR) is 79.0 cm³/mol. The minimum absolute atomic E-state index is 0.0132. The van der Waals surface area contributed by atoms with Gasteiger partial charge in [0.05, 0.1) is 4.92 Å². The molecule has 6 heteroatoms. The molecule has 0 radical (unpaired) electrons. The molecule has 0 atom stereocenters. The molecule has 2 aromatic carbocycles. The highest BCUT2D eigenvalue weighted by atomic mass is 16.7. The van der Waals surface area contributed by atoms with Gasteiger partial charge in [0.1, 0.15) is 0 Å². The summed E-state index contributed by atoms with van der Waals surface area (Å²) in [5, 5.41) is 10.6. The number of benzene rings is 2. The van der Waals surface area contributed by atoms with Crippen LogP contribution in [0.1, 0.15) is 15.9 Å². The van der Waals surface area contributed by atoms with Crippen molar-refractivity contribution in [2.45, 2.75) is 0 Å². The lowest BCUT2D eigenvalue weighted by Crippen LogP contribution is -1.94. The zero-order chi connectivity index (χ0) is 15.5. The molecule has 2 aromatic rings. The number of ketones is 1. The van der Waals surface area contributed by atoms with Gasteiger partial charge in [-0.25, -0.2) is 0 Å². The van der Waals surface area contributed by atoms with Crippen molar-refractivity contribution in [2.24, 2.45) is 0 Å². The Hall–Kier alpha value is -3.15. The maximum atomic E-state index is 12.1. The van der Waals surface area contributed by atoms with Crippen LogP contribution in [0.4, 0.5) is 5.69 Å². The van der Waals surface area contributed by atoms with Crippen LogP contribution in [0.25, 0.3) is 6.08 Å². The molecule has 0 unspecified atom stereocenters. The van der Waals surface area contributed by atoms with Crippen LogP contribution in [0, 0.1) is 10.1 Å². The van der Waals surface area contributed by atoms with Gasteiger partial charge in [-0.05, 0) is 42.0 Å². The number of hydrogen-bond donors (Lipinski definition) is 0. The van der Waals surface area contributed by atoms with Crippen LogP contribution in [0.3, 0.4) is 0 Å². The standard InChI is InChI=1S/C16H11NO5/c18-14(12-4-8-15-16(9-12)22-10-21-15)7-3-11-1-5-13(6-2-11)17(19)20/h1-9H,10H2/b7-3+. The van der Waals surface area contributed by atoms with Crippen molar-refractivity contribution in [1.29, 1.82) is 0 Å². The fraction of sp³-hybridized carbons (Fsp3) is 0.0625. The first kappa shape index (κ1) is 13.8. The van der Waals surface area contributed by atoms with Gasteiger partial charge in [-0.3, -0.25) is 14.9 Å². The van der Waals surface area contributed by atoms with Gasteiger partial charge in [0.2, 0.25) is 6.79 Å². The highest BCUT2D eigenvalue weighted by Gasteiger charge is 2.15. The van der Waals surface area contributed by atoms with E-state index in [1.54, 1.807) is 36.4 Å². The second-order valence-electron chi connectivity index (χ2n) is 4.61. The van der Waals surface area contributed by atoms with Gasteiger partial charge in [0, 0.05) is 17.7 Å². The summed E-state index contributed by atoms with van der Waals surface area (Å²) in [5.41, 5.74) is 1.21. The lowest BCUT2D eigenvalue weighted by atomic mass is 10.1. The number of hydrogen-bond acceptors (Lipinski definition) is 5. The molecule has 0 aliphatic carbocycles. The Morgan fingerprint density at radius 3 is 2.55 bits per heavy atom. The molecule has 1 aliphatic heterocycles. The minimum Gasteiger partial charge on any atom is -0.454 e. The number of nitro groups is 1. The third kappa shape index (κ3) is 2.80. The number of nitrogens with zero attached hydrogens (tertiary/aromatic N) is 1. The molecule has 0 bridgehead atoms. The maximum Gasteiger partial charge on any atom is 0.269 e. The van der Waals surface area contributed by atoms with Crippen LogP contribution >= 0.6 is 0 Å². The highest BCUT2D eigenvalue weighted by molar-refractivity contribution is 6.07. The summed E-state index contributed by atoms with van der Waals surface area (Å²) in [4.78, 5) is 22.2. The van der Waals surface area contributed by atoms with Crippen molar-refractivity contribution < 1.29 is 19.2 Å². The molecule has 0 amide bonds. The van der Waals surface area contributed by atoms with E-state index < -0.39 is 4.92 Å². The topological polar surface area (TPSA) is 78.7 Å². The van der Waals surface area contributed by atoms with Crippen molar-refractivity contribution in [3.05, 3.63) is 69.8 Å².